The van der Waals surface area contributed by atoms with Crippen LogP contribution in [0.25, 0.3) is 0 Å². The van der Waals surface area contributed by atoms with E-state index in [2.05, 4.69) is 27.5 Å². The number of H-pyrrole nitrogens is 1. The molecule has 1 aromatic heterocycles. The number of aryl methyl sites for hydroxylation is 1. The SMILES string of the molecule is CCCCCCCc1ccc(C(=O)c2cccc3c2OC(N)(c2nn[nH]n2)CO3)cc1. The first kappa shape index (κ1) is 21.0. The molecule has 0 bridgehead atoms. The predicted molar refractivity (Wildman–Crippen MR) is 115 cm³/mol. The molecule has 162 valence electrons. The second-order valence-electron chi connectivity index (χ2n) is 7.84. The maximum Gasteiger partial charge on any atom is 0.257 e. The highest BCUT2D eigenvalue weighted by atomic mass is 16.6. The first-order valence-corrected chi connectivity index (χ1v) is 10.7. The smallest absolute Gasteiger partial charge is 0.257 e. The number of fused-ring (bicyclic) bond motifs is 1. The van der Waals surface area contributed by atoms with E-state index < -0.39 is 5.72 Å². The number of aromatic amines is 1. The molecule has 0 amide bonds. The molecular formula is C23H27N5O3. The number of hydrogen-bond donors (Lipinski definition) is 2. The number of nitrogens with two attached hydrogens (primary N) is 1. The molecule has 1 unspecified atom stereocenters. The molecule has 8 nitrogen and oxygen atoms in total. The van der Waals surface area contributed by atoms with Crippen LogP contribution in [0.1, 0.15) is 66.3 Å². The molecule has 8 heteroatoms. The zero-order chi connectivity index (χ0) is 21.7. The van der Waals surface area contributed by atoms with Crippen LogP contribution in [0.5, 0.6) is 11.5 Å². The lowest BCUT2D eigenvalue weighted by Gasteiger charge is -2.33. The van der Waals surface area contributed by atoms with E-state index in [1.807, 2.05) is 24.3 Å². The van der Waals surface area contributed by atoms with E-state index in [0.717, 1.165) is 6.42 Å². The van der Waals surface area contributed by atoms with Gasteiger partial charge in [0.25, 0.3) is 5.72 Å². The number of nitrogens with one attached hydrogen (secondary N) is 1. The highest BCUT2D eigenvalue weighted by molar-refractivity contribution is 6.11. The second kappa shape index (κ2) is 9.26. The first-order chi connectivity index (χ1) is 15.1. The molecule has 3 aromatic rings. The molecule has 4 rings (SSSR count). The van der Waals surface area contributed by atoms with Gasteiger partial charge in [-0.2, -0.15) is 5.21 Å². The summed E-state index contributed by atoms with van der Waals surface area (Å²) in [7, 11) is 0. The van der Waals surface area contributed by atoms with Gasteiger partial charge in [0.1, 0.15) is 6.61 Å². The number of carbonyl (C=O) groups is 1. The molecule has 0 saturated heterocycles. The van der Waals surface area contributed by atoms with Crippen molar-refractivity contribution in [1.82, 2.24) is 20.6 Å². The fourth-order valence-corrected chi connectivity index (χ4v) is 3.67. The maximum absolute atomic E-state index is 13.2. The molecule has 3 N–H and O–H groups in total. The van der Waals surface area contributed by atoms with Crippen LogP contribution >= 0.6 is 0 Å². The van der Waals surface area contributed by atoms with E-state index in [1.165, 1.54) is 37.7 Å². The van der Waals surface area contributed by atoms with Gasteiger partial charge in [-0.15, -0.1) is 10.2 Å². The summed E-state index contributed by atoms with van der Waals surface area (Å²) in [5.74, 6) is 0.737. The van der Waals surface area contributed by atoms with Gasteiger partial charge in [0.15, 0.2) is 17.3 Å². The lowest BCUT2D eigenvalue weighted by atomic mass is 9.98. The van der Waals surface area contributed by atoms with Gasteiger partial charge in [-0.05, 0) is 35.8 Å². The van der Waals surface area contributed by atoms with Crippen molar-refractivity contribution in [2.24, 2.45) is 5.73 Å². The van der Waals surface area contributed by atoms with E-state index in [1.54, 1.807) is 18.2 Å². The Kier molecular flexibility index (Phi) is 6.27. The van der Waals surface area contributed by atoms with E-state index in [-0.39, 0.29) is 24.0 Å². The number of unbranched alkanes of at least 4 members (excludes halogenated alkanes) is 4. The molecule has 2 heterocycles. The van der Waals surface area contributed by atoms with Crippen molar-refractivity contribution < 1.29 is 14.3 Å². The van der Waals surface area contributed by atoms with Crippen molar-refractivity contribution in [3.63, 3.8) is 0 Å². The summed E-state index contributed by atoms with van der Waals surface area (Å²) in [6.45, 7) is 2.22. The summed E-state index contributed by atoms with van der Waals surface area (Å²) in [6.07, 6.45) is 7.24. The predicted octanol–water partition coefficient (Wildman–Crippen LogP) is 3.53. The molecule has 0 spiro atoms. The van der Waals surface area contributed by atoms with Crippen molar-refractivity contribution in [3.8, 4) is 11.5 Å². The molecule has 0 saturated carbocycles. The van der Waals surface area contributed by atoms with Crippen LogP contribution in [0.2, 0.25) is 0 Å². The quantitative estimate of drug-likeness (QED) is 0.401. The number of ketones is 1. The molecule has 31 heavy (non-hydrogen) atoms. The van der Waals surface area contributed by atoms with E-state index in [0.29, 0.717) is 16.9 Å². The summed E-state index contributed by atoms with van der Waals surface area (Å²) in [6, 6.07) is 13.0. The van der Waals surface area contributed by atoms with Crippen molar-refractivity contribution in [2.45, 2.75) is 51.2 Å². The van der Waals surface area contributed by atoms with Crippen LogP contribution in [-0.4, -0.2) is 33.0 Å². The standard InChI is InChI=1S/C23H27N5O3/c1-2-3-4-5-6-8-16-11-13-17(14-12-16)20(29)18-9-7-10-19-21(18)31-23(24,15-30-19)22-25-27-28-26-22/h7,9-14H,2-6,8,15,24H2,1H3,(H,25,26,27,28). The van der Waals surface area contributed by atoms with Crippen molar-refractivity contribution >= 4 is 5.78 Å². The average Bonchev–Trinajstić information content (AvgIpc) is 3.35. The Morgan fingerprint density at radius 3 is 2.68 bits per heavy atom. The number of hydrogen-bond acceptors (Lipinski definition) is 7. The summed E-state index contributed by atoms with van der Waals surface area (Å²) in [5, 5.41) is 13.7. The number of carbonyl (C=O) groups excluding carboxylic acids is 1. The third-order valence-corrected chi connectivity index (χ3v) is 5.46. The average molecular weight is 422 g/mol. The van der Waals surface area contributed by atoms with Crippen molar-refractivity contribution in [2.75, 3.05) is 6.61 Å². The summed E-state index contributed by atoms with van der Waals surface area (Å²) < 4.78 is 11.8. The number of nitrogens with zero attached hydrogens (tertiary/aromatic N) is 3. The highest BCUT2D eigenvalue weighted by Crippen LogP contribution is 2.40. The molecule has 1 aliphatic rings. The van der Waals surface area contributed by atoms with Gasteiger partial charge < -0.3 is 9.47 Å². The third kappa shape index (κ3) is 4.59. The number of aromatic nitrogens is 4. The van der Waals surface area contributed by atoms with Crippen LogP contribution < -0.4 is 15.2 Å². The van der Waals surface area contributed by atoms with Gasteiger partial charge in [0.05, 0.1) is 5.56 Å². The zero-order valence-electron chi connectivity index (χ0n) is 17.6. The number of ether oxygens (including phenoxy) is 2. The Morgan fingerprint density at radius 1 is 1.13 bits per heavy atom. The fourth-order valence-electron chi connectivity index (χ4n) is 3.67. The van der Waals surface area contributed by atoms with Crippen LogP contribution in [-0.2, 0) is 12.1 Å². The highest BCUT2D eigenvalue weighted by Gasteiger charge is 2.41. The Bertz CT molecular complexity index is 1020. The summed E-state index contributed by atoms with van der Waals surface area (Å²) >= 11 is 0. The summed E-state index contributed by atoms with van der Waals surface area (Å²) in [4.78, 5) is 13.2. The minimum absolute atomic E-state index is 0.00410. The fraction of sp³-hybridized carbons (Fsp3) is 0.391. The first-order valence-electron chi connectivity index (χ1n) is 10.7. The normalized spacial score (nSPS) is 17.5. The monoisotopic (exact) mass is 421 g/mol. The van der Waals surface area contributed by atoms with Gasteiger partial charge in [0, 0.05) is 5.56 Å². The van der Waals surface area contributed by atoms with Crippen LogP contribution in [0, 0.1) is 0 Å². The van der Waals surface area contributed by atoms with Crippen molar-refractivity contribution in [3.05, 3.63) is 65.0 Å². The molecule has 0 fully saturated rings. The lowest BCUT2D eigenvalue weighted by Crippen LogP contribution is -2.51. The van der Waals surface area contributed by atoms with E-state index >= 15 is 0 Å². The number of rotatable bonds is 9. The number of para-hydroxylation sites is 1. The molecular weight excluding hydrogens is 394 g/mol. The molecule has 2 aromatic carbocycles. The summed E-state index contributed by atoms with van der Waals surface area (Å²) in [5.41, 5.74) is 7.07. The third-order valence-electron chi connectivity index (χ3n) is 5.46. The van der Waals surface area contributed by atoms with Crippen LogP contribution in [0.15, 0.2) is 42.5 Å². The van der Waals surface area contributed by atoms with Gasteiger partial charge in [-0.25, -0.2) is 0 Å². The minimum atomic E-state index is -1.43. The zero-order valence-corrected chi connectivity index (χ0v) is 17.6. The molecule has 0 radical (unpaired) electrons. The maximum atomic E-state index is 13.2. The van der Waals surface area contributed by atoms with Gasteiger partial charge >= 0.3 is 0 Å². The van der Waals surface area contributed by atoms with Gasteiger partial charge in [0.2, 0.25) is 5.82 Å². The second-order valence-corrected chi connectivity index (χ2v) is 7.84. The molecule has 1 aliphatic heterocycles. The number of tetrazole rings is 1. The topological polar surface area (TPSA) is 116 Å². The van der Waals surface area contributed by atoms with Crippen LogP contribution in [0.3, 0.4) is 0 Å². The molecule has 0 aliphatic carbocycles. The van der Waals surface area contributed by atoms with Crippen LogP contribution in [0.4, 0.5) is 0 Å². The Hall–Kier alpha value is -3.26. The Labute approximate surface area is 181 Å². The Morgan fingerprint density at radius 2 is 1.94 bits per heavy atom. The van der Waals surface area contributed by atoms with Gasteiger partial charge in [-0.3, -0.25) is 10.5 Å². The van der Waals surface area contributed by atoms with Crippen molar-refractivity contribution in [1.29, 1.82) is 0 Å². The Balaban J connectivity index is 1.50. The minimum Gasteiger partial charge on any atom is -0.483 e. The van der Waals surface area contributed by atoms with E-state index in [9.17, 15) is 4.79 Å². The van der Waals surface area contributed by atoms with E-state index in [4.69, 9.17) is 15.2 Å². The largest absolute Gasteiger partial charge is 0.483 e. The molecule has 1 atom stereocenters. The lowest BCUT2D eigenvalue weighted by molar-refractivity contribution is -0.0154. The van der Waals surface area contributed by atoms with Gasteiger partial charge in [-0.1, -0.05) is 62.9 Å². The number of benzene rings is 2.